The Balaban J connectivity index is 1.51. The smallest absolute Gasteiger partial charge is 0.253 e. The summed E-state index contributed by atoms with van der Waals surface area (Å²) in [6.45, 7) is 0.437. The van der Waals surface area contributed by atoms with Gasteiger partial charge in [-0.1, -0.05) is 18.2 Å². The van der Waals surface area contributed by atoms with Gasteiger partial charge in [-0.2, -0.15) is 0 Å². The minimum Gasteiger partial charge on any atom is -0.352 e. The van der Waals surface area contributed by atoms with Gasteiger partial charge in [0.25, 0.3) is 5.91 Å². The number of hydrogen-bond acceptors (Lipinski definition) is 5. The first kappa shape index (κ1) is 16.7. The fourth-order valence-electron chi connectivity index (χ4n) is 2.78. The number of rotatable bonds is 5. The van der Waals surface area contributed by atoms with Crippen LogP contribution < -0.4 is 10.6 Å². The first-order valence-electron chi connectivity index (χ1n) is 8.52. The second-order valence-electron chi connectivity index (χ2n) is 6.01. The van der Waals surface area contributed by atoms with Crippen LogP contribution >= 0.6 is 0 Å². The van der Waals surface area contributed by atoms with Gasteiger partial charge in [0.2, 0.25) is 0 Å². The predicted octanol–water partition coefficient (Wildman–Crippen LogP) is 3.70. The molecule has 1 amide bonds. The fourth-order valence-corrected chi connectivity index (χ4v) is 2.78. The van der Waals surface area contributed by atoms with E-state index >= 15 is 0 Å². The SMILES string of the molecule is O=C(NCc1ccncc1)c1cncc(Nc2cccc3cccnc23)c1. The number of nitrogens with zero attached hydrogens (tertiary/aromatic N) is 3. The highest BCUT2D eigenvalue weighted by Gasteiger charge is 2.08. The molecule has 0 atom stereocenters. The number of amides is 1. The van der Waals surface area contributed by atoms with E-state index in [4.69, 9.17) is 0 Å². The molecule has 0 unspecified atom stereocenters. The maximum Gasteiger partial charge on any atom is 0.253 e. The van der Waals surface area contributed by atoms with Crippen molar-refractivity contribution in [3.8, 4) is 0 Å². The molecule has 27 heavy (non-hydrogen) atoms. The molecule has 0 aliphatic rings. The molecule has 4 rings (SSSR count). The second kappa shape index (κ2) is 7.61. The van der Waals surface area contributed by atoms with Crippen LogP contribution in [0, 0.1) is 0 Å². The summed E-state index contributed by atoms with van der Waals surface area (Å²) >= 11 is 0. The van der Waals surface area contributed by atoms with E-state index in [1.54, 1.807) is 37.1 Å². The van der Waals surface area contributed by atoms with E-state index in [1.807, 2.05) is 42.5 Å². The Hall–Kier alpha value is -3.80. The normalized spacial score (nSPS) is 10.5. The molecule has 0 fully saturated rings. The molecule has 0 bridgehead atoms. The second-order valence-corrected chi connectivity index (χ2v) is 6.01. The van der Waals surface area contributed by atoms with E-state index in [1.165, 1.54) is 0 Å². The van der Waals surface area contributed by atoms with Crippen molar-refractivity contribution < 1.29 is 4.79 Å². The molecule has 3 heterocycles. The molecule has 3 aromatic heterocycles. The lowest BCUT2D eigenvalue weighted by Gasteiger charge is -2.10. The van der Waals surface area contributed by atoms with Crippen LogP contribution in [0.3, 0.4) is 0 Å². The summed E-state index contributed by atoms with van der Waals surface area (Å²) in [5.41, 5.74) is 3.94. The molecular formula is C21H17N5O. The summed E-state index contributed by atoms with van der Waals surface area (Å²) < 4.78 is 0. The van der Waals surface area contributed by atoms with Crippen LogP contribution in [0.25, 0.3) is 10.9 Å². The zero-order chi connectivity index (χ0) is 18.5. The Morgan fingerprint density at radius 1 is 0.926 bits per heavy atom. The third-order valence-electron chi connectivity index (χ3n) is 4.11. The number of nitrogens with one attached hydrogen (secondary N) is 2. The lowest BCUT2D eigenvalue weighted by atomic mass is 10.2. The number of benzene rings is 1. The van der Waals surface area contributed by atoms with Gasteiger partial charge in [0, 0.05) is 36.7 Å². The molecule has 0 aliphatic carbocycles. The highest BCUT2D eigenvalue weighted by Crippen LogP contribution is 2.24. The van der Waals surface area contributed by atoms with Crippen molar-refractivity contribution in [3.05, 3.63) is 90.6 Å². The monoisotopic (exact) mass is 355 g/mol. The maximum absolute atomic E-state index is 12.4. The lowest BCUT2D eigenvalue weighted by Crippen LogP contribution is -2.23. The van der Waals surface area contributed by atoms with Gasteiger partial charge in [0.05, 0.1) is 28.7 Å². The molecule has 0 radical (unpaired) electrons. The number of anilines is 2. The summed E-state index contributed by atoms with van der Waals surface area (Å²) in [4.78, 5) is 25.0. The van der Waals surface area contributed by atoms with Crippen LogP contribution in [-0.2, 0) is 6.54 Å². The molecule has 6 heteroatoms. The van der Waals surface area contributed by atoms with Gasteiger partial charge >= 0.3 is 0 Å². The minimum absolute atomic E-state index is 0.181. The predicted molar refractivity (Wildman–Crippen MR) is 105 cm³/mol. The Bertz CT molecular complexity index is 1080. The minimum atomic E-state index is -0.181. The van der Waals surface area contributed by atoms with E-state index in [9.17, 15) is 4.79 Å². The van der Waals surface area contributed by atoms with Gasteiger partial charge in [-0.15, -0.1) is 0 Å². The number of fused-ring (bicyclic) bond motifs is 1. The van der Waals surface area contributed by atoms with Gasteiger partial charge in [0.1, 0.15) is 0 Å². The van der Waals surface area contributed by atoms with Crippen LogP contribution in [0.1, 0.15) is 15.9 Å². The molecule has 132 valence electrons. The Labute approximate surface area is 156 Å². The number of carbonyl (C=O) groups excluding carboxylic acids is 1. The van der Waals surface area contributed by atoms with Crippen molar-refractivity contribution in [2.24, 2.45) is 0 Å². The van der Waals surface area contributed by atoms with Crippen molar-refractivity contribution in [1.82, 2.24) is 20.3 Å². The van der Waals surface area contributed by atoms with Gasteiger partial charge in [-0.3, -0.25) is 19.7 Å². The number of pyridine rings is 3. The van der Waals surface area contributed by atoms with Crippen LogP contribution in [0.15, 0.2) is 79.5 Å². The lowest BCUT2D eigenvalue weighted by molar-refractivity contribution is 0.0950. The summed E-state index contributed by atoms with van der Waals surface area (Å²) in [6, 6.07) is 15.3. The first-order chi connectivity index (χ1) is 13.3. The molecule has 2 N–H and O–H groups in total. The van der Waals surface area contributed by atoms with Crippen LogP contribution in [0.4, 0.5) is 11.4 Å². The van der Waals surface area contributed by atoms with Crippen LogP contribution in [0.2, 0.25) is 0 Å². The largest absolute Gasteiger partial charge is 0.352 e. The third-order valence-corrected chi connectivity index (χ3v) is 4.11. The first-order valence-corrected chi connectivity index (χ1v) is 8.52. The van der Waals surface area contributed by atoms with E-state index in [0.29, 0.717) is 12.1 Å². The average Bonchev–Trinajstić information content (AvgIpc) is 2.73. The molecule has 6 nitrogen and oxygen atoms in total. The molecular weight excluding hydrogens is 338 g/mol. The van der Waals surface area contributed by atoms with Crippen molar-refractivity contribution in [2.75, 3.05) is 5.32 Å². The quantitative estimate of drug-likeness (QED) is 0.571. The van der Waals surface area contributed by atoms with E-state index < -0.39 is 0 Å². The molecule has 1 aromatic carbocycles. The van der Waals surface area contributed by atoms with E-state index in [0.717, 1.165) is 27.8 Å². The number of para-hydroxylation sites is 1. The Kier molecular flexibility index (Phi) is 4.70. The summed E-state index contributed by atoms with van der Waals surface area (Å²) in [6.07, 6.45) is 8.39. The summed E-state index contributed by atoms with van der Waals surface area (Å²) in [5, 5.41) is 7.24. The van der Waals surface area contributed by atoms with E-state index in [2.05, 4.69) is 25.6 Å². The van der Waals surface area contributed by atoms with Crippen molar-refractivity contribution in [1.29, 1.82) is 0 Å². The Morgan fingerprint density at radius 3 is 2.67 bits per heavy atom. The summed E-state index contributed by atoms with van der Waals surface area (Å²) in [7, 11) is 0. The highest BCUT2D eigenvalue weighted by molar-refractivity contribution is 5.96. The zero-order valence-corrected chi connectivity index (χ0v) is 14.5. The topological polar surface area (TPSA) is 79.8 Å². The standard InChI is InChI=1S/C21H17N5O/c27-21(25-12-15-6-9-22-10-7-15)17-11-18(14-23-13-17)26-19-5-1-3-16-4-2-8-24-20(16)19/h1-11,13-14,26H,12H2,(H,25,27). The maximum atomic E-state index is 12.4. The molecule has 0 saturated carbocycles. The molecule has 0 spiro atoms. The van der Waals surface area contributed by atoms with Crippen molar-refractivity contribution in [2.45, 2.75) is 6.54 Å². The van der Waals surface area contributed by atoms with Crippen LogP contribution in [-0.4, -0.2) is 20.9 Å². The number of hydrogen-bond donors (Lipinski definition) is 2. The number of aromatic nitrogens is 3. The Morgan fingerprint density at radius 2 is 1.78 bits per heavy atom. The zero-order valence-electron chi connectivity index (χ0n) is 14.5. The third kappa shape index (κ3) is 3.90. The highest BCUT2D eigenvalue weighted by atomic mass is 16.1. The number of carbonyl (C=O) groups is 1. The van der Waals surface area contributed by atoms with Crippen molar-refractivity contribution in [3.63, 3.8) is 0 Å². The van der Waals surface area contributed by atoms with Gasteiger partial charge in [-0.25, -0.2) is 0 Å². The van der Waals surface area contributed by atoms with Crippen LogP contribution in [0.5, 0.6) is 0 Å². The summed E-state index contributed by atoms with van der Waals surface area (Å²) in [5.74, 6) is -0.181. The van der Waals surface area contributed by atoms with Gasteiger partial charge in [0.15, 0.2) is 0 Å². The van der Waals surface area contributed by atoms with E-state index in [-0.39, 0.29) is 5.91 Å². The van der Waals surface area contributed by atoms with Gasteiger partial charge in [-0.05, 0) is 35.9 Å². The average molecular weight is 355 g/mol. The molecule has 4 aromatic rings. The molecule has 0 saturated heterocycles. The molecule has 0 aliphatic heterocycles. The van der Waals surface area contributed by atoms with Gasteiger partial charge < -0.3 is 10.6 Å². The fraction of sp³-hybridized carbons (Fsp3) is 0.0476. The van der Waals surface area contributed by atoms with Crippen molar-refractivity contribution >= 4 is 28.2 Å².